The van der Waals surface area contributed by atoms with Crippen molar-refractivity contribution < 1.29 is 9.59 Å². The average Bonchev–Trinajstić information content (AvgIpc) is 2.43. The summed E-state index contributed by atoms with van der Waals surface area (Å²) in [5, 5.41) is 0. The van der Waals surface area contributed by atoms with Crippen LogP contribution in [-0.4, -0.2) is 53.5 Å². The van der Waals surface area contributed by atoms with Crippen LogP contribution in [0.4, 0.5) is 0 Å². The van der Waals surface area contributed by atoms with Gasteiger partial charge in [0.15, 0.2) is 0 Å². The SMILES string of the molecule is CCN1CC(=O)N(CC2(CS)CCCCC2)CC1=O. The summed E-state index contributed by atoms with van der Waals surface area (Å²) in [5.74, 6) is 0.975. The van der Waals surface area contributed by atoms with Crippen molar-refractivity contribution in [3.05, 3.63) is 0 Å². The minimum absolute atomic E-state index is 0.0761. The molecule has 0 N–H and O–H groups in total. The van der Waals surface area contributed by atoms with Gasteiger partial charge in [-0.3, -0.25) is 9.59 Å². The van der Waals surface area contributed by atoms with Crippen LogP contribution in [0.5, 0.6) is 0 Å². The molecule has 0 unspecified atom stereocenters. The molecule has 2 fully saturated rings. The fourth-order valence-electron chi connectivity index (χ4n) is 3.21. The molecular formula is C14H24N2O2S. The highest BCUT2D eigenvalue weighted by molar-refractivity contribution is 7.80. The molecule has 5 heteroatoms. The van der Waals surface area contributed by atoms with Crippen LogP contribution in [0, 0.1) is 5.41 Å². The van der Waals surface area contributed by atoms with Crippen LogP contribution >= 0.6 is 12.6 Å². The number of hydrogen-bond donors (Lipinski definition) is 1. The highest BCUT2D eigenvalue weighted by Gasteiger charge is 2.37. The van der Waals surface area contributed by atoms with Crippen molar-refractivity contribution in [2.45, 2.75) is 39.0 Å². The van der Waals surface area contributed by atoms with Gasteiger partial charge in [0.2, 0.25) is 11.8 Å². The summed E-state index contributed by atoms with van der Waals surface area (Å²) in [7, 11) is 0. The Hall–Kier alpha value is -0.710. The number of piperazine rings is 1. The minimum atomic E-state index is 0.0761. The number of nitrogens with zero attached hydrogens (tertiary/aromatic N) is 2. The summed E-state index contributed by atoms with van der Waals surface area (Å²) in [6.45, 7) is 3.74. The lowest BCUT2D eigenvalue weighted by atomic mass is 9.75. The fraction of sp³-hybridized carbons (Fsp3) is 0.857. The molecule has 19 heavy (non-hydrogen) atoms. The maximum atomic E-state index is 12.1. The average molecular weight is 284 g/mol. The van der Waals surface area contributed by atoms with Gasteiger partial charge in [0.05, 0.1) is 13.1 Å². The van der Waals surface area contributed by atoms with Crippen LogP contribution in [-0.2, 0) is 9.59 Å². The smallest absolute Gasteiger partial charge is 0.242 e. The number of carbonyl (C=O) groups excluding carboxylic acids is 2. The van der Waals surface area contributed by atoms with E-state index in [2.05, 4.69) is 12.6 Å². The summed E-state index contributed by atoms with van der Waals surface area (Å²) in [5.41, 5.74) is 0.131. The molecule has 2 rings (SSSR count). The number of amides is 2. The molecule has 1 aliphatic heterocycles. The Morgan fingerprint density at radius 2 is 1.63 bits per heavy atom. The molecular weight excluding hydrogens is 260 g/mol. The Labute approximate surface area is 120 Å². The van der Waals surface area contributed by atoms with Gasteiger partial charge in [-0.05, 0) is 30.9 Å². The van der Waals surface area contributed by atoms with Gasteiger partial charge in [0.1, 0.15) is 0 Å². The minimum Gasteiger partial charge on any atom is -0.332 e. The largest absolute Gasteiger partial charge is 0.332 e. The summed E-state index contributed by atoms with van der Waals surface area (Å²) in [4.78, 5) is 27.5. The topological polar surface area (TPSA) is 40.6 Å². The van der Waals surface area contributed by atoms with E-state index >= 15 is 0 Å². The summed E-state index contributed by atoms with van der Waals surface area (Å²) < 4.78 is 0. The van der Waals surface area contributed by atoms with E-state index in [1.807, 2.05) is 6.92 Å². The molecule has 0 aromatic carbocycles. The highest BCUT2D eigenvalue weighted by atomic mass is 32.1. The third kappa shape index (κ3) is 3.25. The maximum absolute atomic E-state index is 12.1. The summed E-state index contributed by atoms with van der Waals surface area (Å²) in [6.07, 6.45) is 5.99. The van der Waals surface area contributed by atoms with Gasteiger partial charge in [-0.25, -0.2) is 0 Å². The molecule has 4 nitrogen and oxygen atoms in total. The van der Waals surface area contributed by atoms with Gasteiger partial charge in [-0.15, -0.1) is 0 Å². The molecule has 1 saturated heterocycles. The number of thiol groups is 1. The summed E-state index contributed by atoms with van der Waals surface area (Å²) in [6, 6.07) is 0. The molecule has 0 aromatic rings. The van der Waals surface area contributed by atoms with Crippen LogP contribution in [0.1, 0.15) is 39.0 Å². The number of hydrogen-bond acceptors (Lipinski definition) is 3. The Morgan fingerprint density at radius 3 is 2.21 bits per heavy atom. The fourth-order valence-corrected chi connectivity index (χ4v) is 3.62. The normalized spacial score (nSPS) is 23.9. The predicted octanol–water partition coefficient (Wildman–Crippen LogP) is 1.56. The van der Waals surface area contributed by atoms with Crippen molar-refractivity contribution in [3.63, 3.8) is 0 Å². The molecule has 0 spiro atoms. The van der Waals surface area contributed by atoms with Gasteiger partial charge in [-0.2, -0.15) is 12.6 Å². The molecule has 0 aromatic heterocycles. The number of carbonyl (C=O) groups is 2. The summed E-state index contributed by atoms with van der Waals surface area (Å²) >= 11 is 4.50. The lowest BCUT2D eigenvalue weighted by Crippen LogP contribution is -2.56. The van der Waals surface area contributed by atoms with Crippen LogP contribution < -0.4 is 0 Å². The van der Waals surface area contributed by atoms with E-state index in [1.165, 1.54) is 19.3 Å². The Bertz CT molecular complexity index is 353. The molecule has 1 heterocycles. The van der Waals surface area contributed by atoms with Crippen LogP contribution in [0.2, 0.25) is 0 Å². The Kier molecular flexibility index (Phi) is 4.76. The third-order valence-electron chi connectivity index (χ3n) is 4.52. The first-order valence-electron chi connectivity index (χ1n) is 7.27. The van der Waals surface area contributed by atoms with Crippen LogP contribution in [0.15, 0.2) is 0 Å². The molecule has 108 valence electrons. The molecule has 0 atom stereocenters. The van der Waals surface area contributed by atoms with Gasteiger partial charge < -0.3 is 9.80 Å². The van der Waals surface area contributed by atoms with E-state index in [-0.39, 0.29) is 30.3 Å². The first-order valence-corrected chi connectivity index (χ1v) is 7.90. The van der Waals surface area contributed by atoms with Crippen molar-refractivity contribution >= 4 is 24.4 Å². The molecule has 0 radical (unpaired) electrons. The first-order chi connectivity index (χ1) is 9.10. The zero-order valence-electron chi connectivity index (χ0n) is 11.7. The molecule has 0 bridgehead atoms. The monoisotopic (exact) mass is 284 g/mol. The van der Waals surface area contributed by atoms with Gasteiger partial charge in [0.25, 0.3) is 0 Å². The van der Waals surface area contributed by atoms with Crippen molar-refractivity contribution in [3.8, 4) is 0 Å². The van der Waals surface area contributed by atoms with Crippen LogP contribution in [0.3, 0.4) is 0 Å². The van der Waals surface area contributed by atoms with Crippen molar-refractivity contribution in [2.24, 2.45) is 5.41 Å². The highest BCUT2D eigenvalue weighted by Crippen LogP contribution is 2.38. The quantitative estimate of drug-likeness (QED) is 0.796. The lowest BCUT2D eigenvalue weighted by Gasteiger charge is -2.42. The molecule has 2 amide bonds. The number of likely N-dealkylation sites (N-methyl/N-ethyl adjacent to an activating group) is 1. The second-order valence-corrected chi connectivity index (χ2v) is 6.19. The maximum Gasteiger partial charge on any atom is 0.242 e. The second-order valence-electron chi connectivity index (χ2n) is 5.88. The third-order valence-corrected chi connectivity index (χ3v) is 5.19. The van der Waals surface area contributed by atoms with Gasteiger partial charge >= 0.3 is 0 Å². The van der Waals surface area contributed by atoms with E-state index in [9.17, 15) is 9.59 Å². The van der Waals surface area contributed by atoms with Crippen molar-refractivity contribution in [2.75, 3.05) is 31.9 Å². The lowest BCUT2D eigenvalue weighted by molar-refractivity contribution is -0.151. The van der Waals surface area contributed by atoms with E-state index < -0.39 is 0 Å². The van der Waals surface area contributed by atoms with Crippen molar-refractivity contribution in [1.82, 2.24) is 9.80 Å². The van der Waals surface area contributed by atoms with Crippen LogP contribution in [0.25, 0.3) is 0 Å². The molecule has 1 saturated carbocycles. The van der Waals surface area contributed by atoms with E-state index in [1.54, 1.807) is 9.80 Å². The zero-order valence-corrected chi connectivity index (χ0v) is 12.6. The van der Waals surface area contributed by atoms with Crippen molar-refractivity contribution in [1.29, 1.82) is 0 Å². The van der Waals surface area contributed by atoms with E-state index in [0.29, 0.717) is 13.1 Å². The number of rotatable bonds is 4. The van der Waals surface area contributed by atoms with E-state index in [4.69, 9.17) is 0 Å². The second kappa shape index (κ2) is 6.16. The predicted molar refractivity (Wildman–Crippen MR) is 78.2 cm³/mol. The van der Waals surface area contributed by atoms with Gasteiger partial charge in [0, 0.05) is 13.1 Å². The Morgan fingerprint density at radius 1 is 1.05 bits per heavy atom. The molecule has 2 aliphatic rings. The zero-order chi connectivity index (χ0) is 13.9. The molecule has 1 aliphatic carbocycles. The van der Waals surface area contributed by atoms with Gasteiger partial charge in [-0.1, -0.05) is 19.3 Å². The first kappa shape index (κ1) is 14.7. The van der Waals surface area contributed by atoms with E-state index in [0.717, 1.165) is 18.6 Å². The Balaban J connectivity index is 2.01. The standard InChI is InChI=1S/C14H24N2O2S/c1-2-15-8-13(18)16(9-12(15)17)10-14(11-19)6-4-3-5-7-14/h19H,2-11H2,1H3.